The second kappa shape index (κ2) is 6.48. The van der Waals surface area contributed by atoms with Crippen LogP contribution in [0.25, 0.3) is 0 Å². The van der Waals surface area contributed by atoms with Crippen LogP contribution in [0.5, 0.6) is 0 Å². The van der Waals surface area contributed by atoms with E-state index in [9.17, 15) is 27.1 Å². The standard InChI is InChI=1S/C17H17F2NO5S/c1-9-15(17(21)22)16(10(2)25-9)26(23,24)20(13-5-6-13)8-11-3-4-12(18)7-14(11)19/h3-4,7,13H,5-6,8H2,1-2H3,(H,21,22). The van der Waals surface area contributed by atoms with Gasteiger partial charge in [0, 0.05) is 24.2 Å². The first-order valence-electron chi connectivity index (χ1n) is 7.92. The molecule has 0 unspecified atom stereocenters. The van der Waals surface area contributed by atoms with Crippen molar-refractivity contribution in [3.05, 3.63) is 52.5 Å². The van der Waals surface area contributed by atoms with Crippen LogP contribution in [0.15, 0.2) is 27.5 Å². The summed E-state index contributed by atoms with van der Waals surface area (Å²) in [6.45, 7) is 2.42. The second-order valence-corrected chi connectivity index (χ2v) is 8.07. The van der Waals surface area contributed by atoms with Gasteiger partial charge in [0.25, 0.3) is 0 Å². The number of halogens is 2. The zero-order valence-corrected chi connectivity index (χ0v) is 14.9. The predicted molar refractivity (Wildman–Crippen MR) is 87.3 cm³/mol. The SMILES string of the molecule is Cc1oc(C)c(S(=O)(=O)N(Cc2ccc(F)cc2F)C2CC2)c1C(=O)O. The minimum atomic E-state index is -4.25. The van der Waals surface area contributed by atoms with Gasteiger partial charge in [0.1, 0.15) is 33.6 Å². The van der Waals surface area contributed by atoms with Gasteiger partial charge in [0.2, 0.25) is 10.0 Å². The zero-order valence-electron chi connectivity index (χ0n) is 14.1. The van der Waals surface area contributed by atoms with Crippen molar-refractivity contribution in [3.63, 3.8) is 0 Å². The number of aryl methyl sites for hydroxylation is 2. The molecule has 26 heavy (non-hydrogen) atoms. The molecule has 0 aliphatic heterocycles. The summed E-state index contributed by atoms with van der Waals surface area (Å²) in [5, 5.41) is 9.38. The molecule has 0 bridgehead atoms. The summed E-state index contributed by atoms with van der Waals surface area (Å²) in [7, 11) is -4.25. The third-order valence-electron chi connectivity index (χ3n) is 4.28. The van der Waals surface area contributed by atoms with Crippen molar-refractivity contribution < 1.29 is 31.5 Å². The van der Waals surface area contributed by atoms with E-state index in [-0.39, 0.29) is 29.7 Å². The number of sulfonamides is 1. The normalized spacial score (nSPS) is 14.8. The van der Waals surface area contributed by atoms with Crippen LogP contribution >= 0.6 is 0 Å². The lowest BCUT2D eigenvalue weighted by Gasteiger charge is -2.22. The summed E-state index contributed by atoms with van der Waals surface area (Å²) < 4.78 is 59.7. The molecular weight excluding hydrogens is 368 g/mol. The van der Waals surface area contributed by atoms with Gasteiger partial charge in [-0.2, -0.15) is 4.31 Å². The van der Waals surface area contributed by atoms with E-state index in [4.69, 9.17) is 4.42 Å². The maximum atomic E-state index is 14.0. The monoisotopic (exact) mass is 385 g/mol. The number of rotatable bonds is 6. The van der Waals surface area contributed by atoms with Crippen molar-refractivity contribution in [2.75, 3.05) is 0 Å². The Morgan fingerprint density at radius 2 is 1.92 bits per heavy atom. The summed E-state index contributed by atoms with van der Waals surface area (Å²) in [4.78, 5) is 11.1. The van der Waals surface area contributed by atoms with E-state index in [0.717, 1.165) is 10.4 Å². The Kier molecular flexibility index (Phi) is 4.61. The molecule has 9 heteroatoms. The molecule has 1 N–H and O–H groups in total. The van der Waals surface area contributed by atoms with Crippen molar-refractivity contribution >= 4 is 16.0 Å². The Labute approximate surface area is 149 Å². The highest BCUT2D eigenvalue weighted by atomic mass is 32.2. The average molecular weight is 385 g/mol. The van der Waals surface area contributed by atoms with E-state index < -0.39 is 38.1 Å². The molecule has 0 amide bonds. The second-order valence-electron chi connectivity index (χ2n) is 6.24. The minimum absolute atomic E-state index is 0.0108. The molecule has 1 aromatic heterocycles. The van der Waals surface area contributed by atoms with Crippen molar-refractivity contribution in [3.8, 4) is 0 Å². The molecule has 1 heterocycles. The molecular formula is C17H17F2NO5S. The van der Waals surface area contributed by atoms with E-state index in [1.165, 1.54) is 19.9 Å². The van der Waals surface area contributed by atoms with Gasteiger partial charge in [-0.25, -0.2) is 22.0 Å². The number of carboxylic acids is 1. The smallest absolute Gasteiger partial charge is 0.340 e. The number of hydrogen-bond acceptors (Lipinski definition) is 4. The van der Waals surface area contributed by atoms with Crippen LogP contribution in [0.3, 0.4) is 0 Å². The highest BCUT2D eigenvalue weighted by Crippen LogP contribution is 2.37. The largest absolute Gasteiger partial charge is 0.478 e. The van der Waals surface area contributed by atoms with Gasteiger partial charge in [0.05, 0.1) is 0 Å². The lowest BCUT2D eigenvalue weighted by Crippen LogP contribution is -2.34. The van der Waals surface area contributed by atoms with Gasteiger partial charge in [-0.1, -0.05) is 6.07 Å². The van der Waals surface area contributed by atoms with Crippen LogP contribution < -0.4 is 0 Å². The van der Waals surface area contributed by atoms with E-state index in [0.29, 0.717) is 18.9 Å². The topological polar surface area (TPSA) is 87.8 Å². The quantitative estimate of drug-likeness (QED) is 0.825. The Hall–Kier alpha value is -2.26. The van der Waals surface area contributed by atoms with Crippen LogP contribution in [0.1, 0.15) is 40.3 Å². The molecule has 3 rings (SSSR count). The van der Waals surface area contributed by atoms with E-state index >= 15 is 0 Å². The molecule has 1 aliphatic rings. The Morgan fingerprint density at radius 1 is 1.27 bits per heavy atom. The average Bonchev–Trinajstić information content (AvgIpc) is 3.30. The first kappa shape index (κ1) is 18.5. The molecule has 0 atom stereocenters. The molecule has 1 aliphatic carbocycles. The Bertz CT molecular complexity index is 979. The van der Waals surface area contributed by atoms with E-state index in [1.54, 1.807) is 0 Å². The summed E-state index contributed by atoms with van der Waals surface area (Å²) in [6.07, 6.45) is 1.17. The van der Waals surface area contributed by atoms with Gasteiger partial charge >= 0.3 is 5.97 Å². The Balaban J connectivity index is 2.07. The maximum Gasteiger partial charge on any atom is 0.340 e. The fraction of sp³-hybridized carbons (Fsp3) is 0.353. The third-order valence-corrected chi connectivity index (χ3v) is 6.33. The molecule has 2 aromatic rings. The number of hydrogen-bond donors (Lipinski definition) is 1. The molecule has 0 spiro atoms. The van der Waals surface area contributed by atoms with E-state index in [2.05, 4.69) is 0 Å². The summed E-state index contributed by atoms with van der Waals surface area (Å²) in [5.74, 6) is -3.09. The molecule has 0 saturated heterocycles. The minimum Gasteiger partial charge on any atom is -0.478 e. The molecule has 0 radical (unpaired) electrons. The first-order valence-corrected chi connectivity index (χ1v) is 9.36. The third kappa shape index (κ3) is 3.24. The van der Waals surface area contributed by atoms with Gasteiger partial charge in [-0.3, -0.25) is 0 Å². The molecule has 1 aromatic carbocycles. The molecule has 1 fully saturated rings. The van der Waals surface area contributed by atoms with Crippen molar-refractivity contribution in [2.45, 2.75) is 44.2 Å². The number of nitrogens with zero attached hydrogens (tertiary/aromatic N) is 1. The Morgan fingerprint density at radius 3 is 2.46 bits per heavy atom. The molecule has 140 valence electrons. The van der Waals surface area contributed by atoms with Gasteiger partial charge in [-0.15, -0.1) is 0 Å². The van der Waals surface area contributed by atoms with Gasteiger partial charge < -0.3 is 9.52 Å². The van der Waals surface area contributed by atoms with Crippen LogP contribution in [0.2, 0.25) is 0 Å². The fourth-order valence-electron chi connectivity index (χ4n) is 2.93. The number of furan rings is 1. The molecule has 6 nitrogen and oxygen atoms in total. The van der Waals surface area contributed by atoms with Gasteiger partial charge in [0.15, 0.2) is 0 Å². The van der Waals surface area contributed by atoms with Crippen LogP contribution in [0.4, 0.5) is 8.78 Å². The van der Waals surface area contributed by atoms with Crippen LogP contribution in [-0.2, 0) is 16.6 Å². The van der Waals surface area contributed by atoms with Crippen LogP contribution in [0, 0.1) is 25.5 Å². The highest BCUT2D eigenvalue weighted by Gasteiger charge is 2.42. The van der Waals surface area contributed by atoms with Gasteiger partial charge in [-0.05, 0) is 32.8 Å². The predicted octanol–water partition coefficient (Wildman–Crippen LogP) is 3.23. The summed E-state index contributed by atoms with van der Waals surface area (Å²) >= 11 is 0. The summed E-state index contributed by atoms with van der Waals surface area (Å²) in [6, 6.07) is 2.55. The first-order chi connectivity index (χ1) is 12.1. The lowest BCUT2D eigenvalue weighted by atomic mass is 10.2. The van der Waals surface area contributed by atoms with Crippen molar-refractivity contribution in [1.29, 1.82) is 0 Å². The lowest BCUT2D eigenvalue weighted by molar-refractivity contribution is 0.0691. The van der Waals surface area contributed by atoms with Crippen molar-refractivity contribution in [2.24, 2.45) is 0 Å². The zero-order chi connectivity index (χ0) is 19.2. The van der Waals surface area contributed by atoms with Crippen molar-refractivity contribution in [1.82, 2.24) is 4.31 Å². The summed E-state index contributed by atoms with van der Waals surface area (Å²) in [5.41, 5.74) is -0.413. The van der Waals surface area contributed by atoms with Crippen LogP contribution in [-0.4, -0.2) is 29.8 Å². The number of benzene rings is 1. The number of carboxylic acid groups (broad SMARTS) is 1. The van der Waals surface area contributed by atoms with E-state index in [1.807, 2.05) is 0 Å². The number of aromatic carboxylic acids is 1. The highest BCUT2D eigenvalue weighted by molar-refractivity contribution is 7.89. The molecule has 1 saturated carbocycles. The maximum absolute atomic E-state index is 14.0. The fourth-order valence-corrected chi connectivity index (χ4v) is 4.97. The number of carbonyl (C=O) groups is 1.